The molecule has 7 nitrogen and oxygen atoms in total. The molecule has 2 unspecified atom stereocenters. The first-order chi connectivity index (χ1) is 12.0. The molecule has 2 N–H and O–H groups in total. The van der Waals surface area contributed by atoms with Crippen molar-refractivity contribution in [2.45, 2.75) is 19.4 Å². The first-order valence-corrected chi connectivity index (χ1v) is 8.40. The van der Waals surface area contributed by atoms with Crippen molar-refractivity contribution in [1.29, 1.82) is 0 Å². The van der Waals surface area contributed by atoms with E-state index in [0.717, 1.165) is 5.56 Å². The predicted octanol–water partition coefficient (Wildman–Crippen LogP) is 0.475. The van der Waals surface area contributed by atoms with E-state index in [1.54, 1.807) is 4.90 Å². The van der Waals surface area contributed by atoms with Gasteiger partial charge < -0.3 is 20.3 Å². The van der Waals surface area contributed by atoms with Gasteiger partial charge >= 0.3 is 0 Å². The molecule has 0 bridgehead atoms. The molecule has 2 atom stereocenters. The zero-order valence-electron chi connectivity index (χ0n) is 14.7. The van der Waals surface area contributed by atoms with Crippen LogP contribution >= 0.6 is 0 Å². The van der Waals surface area contributed by atoms with Crippen molar-refractivity contribution in [2.75, 3.05) is 33.4 Å². The summed E-state index contributed by atoms with van der Waals surface area (Å²) in [5, 5.41) is 5.40. The van der Waals surface area contributed by atoms with Crippen molar-refractivity contribution in [1.82, 2.24) is 15.5 Å². The van der Waals surface area contributed by atoms with Crippen molar-refractivity contribution in [3.05, 3.63) is 35.9 Å². The predicted molar refractivity (Wildman–Crippen MR) is 92.6 cm³/mol. The van der Waals surface area contributed by atoms with Gasteiger partial charge in [0.2, 0.25) is 17.7 Å². The number of likely N-dealkylation sites (tertiary alicyclic amines) is 1. The van der Waals surface area contributed by atoms with Crippen LogP contribution in [0.25, 0.3) is 0 Å². The number of benzene rings is 1. The number of hydrogen-bond acceptors (Lipinski definition) is 4. The van der Waals surface area contributed by atoms with Crippen molar-refractivity contribution in [3.8, 4) is 0 Å². The Morgan fingerprint density at radius 2 is 1.92 bits per heavy atom. The van der Waals surface area contributed by atoms with Gasteiger partial charge in [-0.2, -0.15) is 0 Å². The summed E-state index contributed by atoms with van der Waals surface area (Å²) in [6, 6.07) is 9.72. The third-order valence-corrected chi connectivity index (χ3v) is 4.30. The normalized spacial score (nSPS) is 18.1. The van der Waals surface area contributed by atoms with Crippen LogP contribution in [0.4, 0.5) is 0 Å². The second-order valence-electron chi connectivity index (χ2n) is 6.11. The van der Waals surface area contributed by atoms with Gasteiger partial charge in [0.15, 0.2) is 0 Å². The molecule has 0 aliphatic carbocycles. The highest BCUT2D eigenvalue weighted by atomic mass is 16.5. The summed E-state index contributed by atoms with van der Waals surface area (Å²) < 4.78 is 4.70. The van der Waals surface area contributed by atoms with E-state index in [4.69, 9.17) is 4.74 Å². The summed E-state index contributed by atoms with van der Waals surface area (Å²) in [4.78, 5) is 37.5. The number of carbonyl (C=O) groups is 3. The minimum Gasteiger partial charge on any atom is -0.375 e. The van der Waals surface area contributed by atoms with Crippen LogP contribution in [0.2, 0.25) is 0 Å². The third-order valence-electron chi connectivity index (χ3n) is 4.30. The molecule has 25 heavy (non-hydrogen) atoms. The van der Waals surface area contributed by atoms with E-state index in [9.17, 15) is 14.4 Å². The van der Waals surface area contributed by atoms with E-state index >= 15 is 0 Å². The van der Waals surface area contributed by atoms with Crippen LogP contribution in [0, 0.1) is 5.92 Å². The quantitative estimate of drug-likeness (QED) is 0.670. The average Bonchev–Trinajstić information content (AvgIpc) is 3.01. The summed E-state index contributed by atoms with van der Waals surface area (Å²) in [6.07, 6.45) is 0.221. The molecule has 1 saturated heterocycles. The maximum atomic E-state index is 12.3. The fraction of sp³-hybridized carbons (Fsp3) is 0.500. The molecule has 3 amide bonds. The molecule has 0 saturated carbocycles. The van der Waals surface area contributed by atoms with Gasteiger partial charge in [0.1, 0.15) is 6.61 Å². The Kier molecular flexibility index (Phi) is 6.94. The van der Waals surface area contributed by atoms with Crippen LogP contribution in [0.15, 0.2) is 30.3 Å². The van der Waals surface area contributed by atoms with Gasteiger partial charge in [0.25, 0.3) is 0 Å². The topological polar surface area (TPSA) is 87.7 Å². The van der Waals surface area contributed by atoms with Crippen LogP contribution in [0.3, 0.4) is 0 Å². The number of nitrogens with zero attached hydrogens (tertiary/aromatic N) is 1. The Balaban J connectivity index is 1.79. The van der Waals surface area contributed by atoms with Crippen molar-refractivity contribution in [3.63, 3.8) is 0 Å². The van der Waals surface area contributed by atoms with Crippen LogP contribution < -0.4 is 10.6 Å². The van der Waals surface area contributed by atoms with Crippen molar-refractivity contribution < 1.29 is 19.1 Å². The fourth-order valence-electron chi connectivity index (χ4n) is 2.91. The maximum Gasteiger partial charge on any atom is 0.246 e. The van der Waals surface area contributed by atoms with Gasteiger partial charge in [-0.15, -0.1) is 0 Å². The number of carbonyl (C=O) groups excluding carboxylic acids is 3. The number of rotatable bonds is 8. The second kappa shape index (κ2) is 9.17. The van der Waals surface area contributed by atoms with Crippen LogP contribution in [0.5, 0.6) is 0 Å². The number of amides is 3. The van der Waals surface area contributed by atoms with Crippen LogP contribution in [-0.4, -0.2) is 56.0 Å². The Morgan fingerprint density at radius 3 is 2.60 bits per heavy atom. The standard InChI is InChI=1S/C18H25N3O4/c1-13(14-6-4-3-5-7-14)21-11-15(10-17(21)23)18(24)20-9-8-19-16(22)12-25-2/h3-7,13,15H,8-12H2,1-2H3,(H,19,22)(H,20,24). The Hall–Kier alpha value is -2.41. The van der Waals surface area contributed by atoms with Crippen LogP contribution in [-0.2, 0) is 19.1 Å². The van der Waals surface area contributed by atoms with E-state index in [1.165, 1.54) is 7.11 Å². The summed E-state index contributed by atoms with van der Waals surface area (Å²) in [5.74, 6) is -0.744. The zero-order valence-corrected chi connectivity index (χ0v) is 14.7. The van der Waals surface area contributed by atoms with Gasteiger partial charge in [-0.1, -0.05) is 30.3 Å². The molecular weight excluding hydrogens is 322 g/mol. The lowest BCUT2D eigenvalue weighted by molar-refractivity contribution is -0.130. The lowest BCUT2D eigenvalue weighted by Gasteiger charge is -2.25. The number of nitrogens with one attached hydrogen (secondary N) is 2. The highest BCUT2D eigenvalue weighted by molar-refractivity contribution is 5.89. The summed E-state index contributed by atoms with van der Waals surface area (Å²) in [7, 11) is 1.45. The van der Waals surface area contributed by atoms with Gasteiger partial charge in [-0.3, -0.25) is 14.4 Å². The molecule has 1 fully saturated rings. The zero-order chi connectivity index (χ0) is 18.2. The largest absolute Gasteiger partial charge is 0.375 e. The number of ether oxygens (including phenoxy) is 1. The smallest absolute Gasteiger partial charge is 0.246 e. The van der Waals surface area contributed by atoms with Gasteiger partial charge in [0, 0.05) is 33.2 Å². The lowest BCUT2D eigenvalue weighted by Crippen LogP contribution is -2.39. The lowest BCUT2D eigenvalue weighted by atomic mass is 10.1. The molecule has 1 aromatic carbocycles. The molecule has 7 heteroatoms. The van der Waals surface area contributed by atoms with Crippen molar-refractivity contribution in [2.24, 2.45) is 5.92 Å². The SMILES string of the molecule is COCC(=O)NCCNC(=O)C1CC(=O)N(C(C)c2ccccc2)C1. The van der Waals surface area contributed by atoms with Gasteiger partial charge in [0.05, 0.1) is 12.0 Å². The molecule has 1 aliphatic heterocycles. The number of methoxy groups -OCH3 is 1. The molecule has 0 aromatic heterocycles. The maximum absolute atomic E-state index is 12.3. The van der Waals surface area contributed by atoms with E-state index in [2.05, 4.69) is 10.6 Å². The monoisotopic (exact) mass is 347 g/mol. The number of hydrogen-bond donors (Lipinski definition) is 2. The van der Waals surface area contributed by atoms with E-state index in [-0.39, 0.29) is 42.7 Å². The summed E-state index contributed by atoms with van der Waals surface area (Å²) in [5.41, 5.74) is 1.05. The van der Waals surface area contributed by atoms with Gasteiger partial charge in [-0.25, -0.2) is 0 Å². The van der Waals surface area contributed by atoms with Crippen LogP contribution in [0.1, 0.15) is 24.9 Å². The molecule has 1 aliphatic rings. The molecule has 0 radical (unpaired) electrons. The fourth-order valence-corrected chi connectivity index (χ4v) is 2.91. The first-order valence-electron chi connectivity index (χ1n) is 8.40. The van der Waals surface area contributed by atoms with Crippen molar-refractivity contribution >= 4 is 17.7 Å². The molecular formula is C18H25N3O4. The highest BCUT2D eigenvalue weighted by Gasteiger charge is 2.36. The Bertz CT molecular complexity index is 606. The minimum absolute atomic E-state index is 0.00257. The Morgan fingerprint density at radius 1 is 1.24 bits per heavy atom. The van der Waals surface area contributed by atoms with E-state index in [0.29, 0.717) is 19.6 Å². The molecule has 1 heterocycles. The summed E-state index contributed by atoms with van der Waals surface area (Å²) in [6.45, 7) is 3.04. The third kappa shape index (κ3) is 5.29. The average molecular weight is 347 g/mol. The second-order valence-corrected chi connectivity index (χ2v) is 6.11. The summed E-state index contributed by atoms with van der Waals surface area (Å²) >= 11 is 0. The highest BCUT2D eigenvalue weighted by Crippen LogP contribution is 2.28. The van der Waals surface area contributed by atoms with Gasteiger partial charge in [-0.05, 0) is 12.5 Å². The molecule has 1 aromatic rings. The van der Waals surface area contributed by atoms with E-state index < -0.39 is 0 Å². The van der Waals surface area contributed by atoms with E-state index in [1.807, 2.05) is 37.3 Å². The molecule has 136 valence electrons. The first kappa shape index (κ1) is 18.9. The minimum atomic E-state index is -0.353. The molecule has 2 rings (SSSR count). The molecule has 0 spiro atoms. The Labute approximate surface area is 147 Å².